The van der Waals surface area contributed by atoms with E-state index in [0.717, 1.165) is 0 Å². The molecule has 6 heteroatoms. The maximum absolute atomic E-state index is 12.3. The average molecular weight is 275 g/mol. The zero-order chi connectivity index (χ0) is 14.7. The van der Waals surface area contributed by atoms with Crippen molar-refractivity contribution in [3.63, 3.8) is 0 Å². The number of ketones is 1. The Balaban J connectivity index is 2.39. The van der Waals surface area contributed by atoms with Crippen molar-refractivity contribution < 1.29 is 24.2 Å². The summed E-state index contributed by atoms with van der Waals surface area (Å²) >= 11 is 0. The molecule has 0 unspecified atom stereocenters. The molecule has 0 atom stereocenters. The van der Waals surface area contributed by atoms with Gasteiger partial charge in [-0.3, -0.25) is 4.79 Å². The summed E-state index contributed by atoms with van der Waals surface area (Å²) in [5, 5.41) is 8.84. The number of nitrogens with one attached hydrogen (secondary N) is 1. The van der Waals surface area contributed by atoms with Gasteiger partial charge in [-0.15, -0.1) is 0 Å². The second-order valence-corrected chi connectivity index (χ2v) is 4.00. The molecule has 0 saturated heterocycles. The number of carbonyl (C=O) groups is 2. The van der Waals surface area contributed by atoms with Gasteiger partial charge in [-0.2, -0.15) is 0 Å². The van der Waals surface area contributed by atoms with Crippen molar-refractivity contribution in [2.75, 3.05) is 14.2 Å². The third-order valence-corrected chi connectivity index (χ3v) is 2.83. The molecule has 0 saturated carbocycles. The number of carbonyl (C=O) groups excluding carboxylic acids is 1. The lowest BCUT2D eigenvalue weighted by atomic mass is 10.0. The third-order valence-electron chi connectivity index (χ3n) is 2.83. The van der Waals surface area contributed by atoms with Crippen LogP contribution in [-0.4, -0.2) is 36.1 Å². The summed E-state index contributed by atoms with van der Waals surface area (Å²) in [4.78, 5) is 25.7. The van der Waals surface area contributed by atoms with E-state index in [0.29, 0.717) is 17.1 Å². The van der Waals surface area contributed by atoms with E-state index in [9.17, 15) is 9.59 Å². The van der Waals surface area contributed by atoms with Crippen molar-refractivity contribution in [3.05, 3.63) is 47.3 Å². The van der Waals surface area contributed by atoms with Crippen LogP contribution in [-0.2, 0) is 0 Å². The van der Waals surface area contributed by atoms with Crippen molar-refractivity contribution in [1.82, 2.24) is 4.98 Å². The topological polar surface area (TPSA) is 88.6 Å². The standard InChI is InChI=1S/C14H13NO5/c1-19-9-3-4-10(12(6-9)20-2)13(16)8-5-11(14(17)18)15-7-8/h3-7,15H,1-2H3,(H,17,18). The highest BCUT2D eigenvalue weighted by molar-refractivity contribution is 6.11. The second-order valence-electron chi connectivity index (χ2n) is 4.00. The number of carboxylic acid groups (broad SMARTS) is 1. The summed E-state index contributed by atoms with van der Waals surface area (Å²) in [7, 11) is 2.97. The highest BCUT2D eigenvalue weighted by atomic mass is 16.5. The number of carboxylic acids is 1. The highest BCUT2D eigenvalue weighted by Gasteiger charge is 2.18. The van der Waals surface area contributed by atoms with Crippen LogP contribution in [0.15, 0.2) is 30.5 Å². The number of methoxy groups -OCH3 is 2. The number of benzene rings is 1. The van der Waals surface area contributed by atoms with Gasteiger partial charge in [0.05, 0.1) is 19.8 Å². The van der Waals surface area contributed by atoms with Gasteiger partial charge < -0.3 is 19.6 Å². The smallest absolute Gasteiger partial charge is 0.352 e. The molecule has 0 aliphatic carbocycles. The van der Waals surface area contributed by atoms with Crippen LogP contribution in [0.1, 0.15) is 26.4 Å². The van der Waals surface area contributed by atoms with Crippen molar-refractivity contribution in [3.8, 4) is 11.5 Å². The first-order valence-electron chi connectivity index (χ1n) is 5.75. The predicted octanol–water partition coefficient (Wildman–Crippen LogP) is 1.96. The van der Waals surface area contributed by atoms with Crippen molar-refractivity contribution >= 4 is 11.8 Å². The minimum atomic E-state index is -1.12. The first kappa shape index (κ1) is 13.7. The number of H-pyrrole nitrogens is 1. The molecule has 0 aliphatic rings. The minimum Gasteiger partial charge on any atom is -0.497 e. The molecule has 6 nitrogen and oxygen atoms in total. The van der Waals surface area contributed by atoms with E-state index in [1.54, 1.807) is 18.2 Å². The molecule has 0 fully saturated rings. The largest absolute Gasteiger partial charge is 0.497 e. The first-order valence-corrected chi connectivity index (χ1v) is 5.75. The summed E-state index contributed by atoms with van der Waals surface area (Å²) in [5.74, 6) is -0.509. The summed E-state index contributed by atoms with van der Waals surface area (Å²) in [6.07, 6.45) is 1.36. The summed E-state index contributed by atoms with van der Waals surface area (Å²) in [6, 6.07) is 6.10. The Hall–Kier alpha value is -2.76. The predicted molar refractivity (Wildman–Crippen MR) is 70.7 cm³/mol. The van der Waals surface area contributed by atoms with Gasteiger partial charge in [0.1, 0.15) is 17.2 Å². The van der Waals surface area contributed by atoms with Crippen molar-refractivity contribution in [2.24, 2.45) is 0 Å². The average Bonchev–Trinajstić information content (AvgIpc) is 2.95. The molecule has 0 radical (unpaired) electrons. The van der Waals surface area contributed by atoms with E-state index < -0.39 is 5.97 Å². The van der Waals surface area contributed by atoms with E-state index in [-0.39, 0.29) is 17.0 Å². The third kappa shape index (κ3) is 2.49. The fourth-order valence-electron chi connectivity index (χ4n) is 1.79. The van der Waals surface area contributed by atoms with Crippen LogP contribution in [0.4, 0.5) is 0 Å². The van der Waals surface area contributed by atoms with E-state index in [4.69, 9.17) is 14.6 Å². The van der Waals surface area contributed by atoms with Crippen LogP contribution >= 0.6 is 0 Å². The van der Waals surface area contributed by atoms with E-state index in [2.05, 4.69) is 4.98 Å². The maximum atomic E-state index is 12.3. The number of rotatable bonds is 5. The molecule has 0 bridgehead atoms. The Morgan fingerprint density at radius 3 is 2.45 bits per heavy atom. The first-order chi connectivity index (χ1) is 9.56. The number of aromatic amines is 1. The normalized spacial score (nSPS) is 10.1. The summed E-state index contributed by atoms with van der Waals surface area (Å²) < 4.78 is 10.2. The summed E-state index contributed by atoms with van der Waals surface area (Å²) in [5.41, 5.74) is 0.552. The molecule has 1 aromatic heterocycles. The molecule has 0 aliphatic heterocycles. The molecule has 0 amide bonds. The highest BCUT2D eigenvalue weighted by Crippen LogP contribution is 2.26. The Bertz CT molecular complexity index is 659. The monoisotopic (exact) mass is 275 g/mol. The number of hydrogen-bond acceptors (Lipinski definition) is 4. The maximum Gasteiger partial charge on any atom is 0.352 e. The summed E-state index contributed by atoms with van der Waals surface area (Å²) in [6.45, 7) is 0. The lowest BCUT2D eigenvalue weighted by Gasteiger charge is -2.08. The van der Waals surface area contributed by atoms with Crippen LogP contribution in [0, 0.1) is 0 Å². The van der Waals surface area contributed by atoms with Crippen LogP contribution in [0.5, 0.6) is 11.5 Å². The van der Waals surface area contributed by atoms with E-state index >= 15 is 0 Å². The van der Waals surface area contributed by atoms with Gasteiger partial charge in [0.25, 0.3) is 0 Å². The fourth-order valence-corrected chi connectivity index (χ4v) is 1.79. The lowest BCUT2D eigenvalue weighted by Crippen LogP contribution is -2.03. The molecule has 20 heavy (non-hydrogen) atoms. The van der Waals surface area contributed by atoms with Gasteiger partial charge in [-0.25, -0.2) is 4.79 Å². The molecule has 2 rings (SSSR count). The second kappa shape index (κ2) is 5.48. The van der Waals surface area contributed by atoms with Crippen LogP contribution in [0.2, 0.25) is 0 Å². The molecule has 1 aromatic carbocycles. The van der Waals surface area contributed by atoms with Crippen LogP contribution in [0.25, 0.3) is 0 Å². The van der Waals surface area contributed by atoms with Crippen molar-refractivity contribution in [1.29, 1.82) is 0 Å². The molecular weight excluding hydrogens is 262 g/mol. The van der Waals surface area contributed by atoms with Gasteiger partial charge >= 0.3 is 5.97 Å². The quantitative estimate of drug-likeness (QED) is 0.814. The minimum absolute atomic E-state index is 0.0409. The molecular formula is C14H13NO5. The van der Waals surface area contributed by atoms with Crippen LogP contribution < -0.4 is 9.47 Å². The van der Waals surface area contributed by atoms with Gasteiger partial charge in [0.2, 0.25) is 0 Å². The van der Waals surface area contributed by atoms with Crippen LogP contribution in [0.3, 0.4) is 0 Å². The number of aromatic carboxylic acids is 1. The van der Waals surface area contributed by atoms with Gasteiger partial charge in [-0.1, -0.05) is 0 Å². The Kier molecular flexibility index (Phi) is 3.74. The van der Waals surface area contributed by atoms with Gasteiger partial charge in [0, 0.05) is 17.8 Å². The molecule has 2 N–H and O–H groups in total. The van der Waals surface area contributed by atoms with Gasteiger partial charge in [-0.05, 0) is 18.2 Å². The van der Waals surface area contributed by atoms with Crippen molar-refractivity contribution in [2.45, 2.75) is 0 Å². The Morgan fingerprint density at radius 2 is 1.90 bits per heavy atom. The molecule has 1 heterocycles. The SMILES string of the molecule is COc1ccc(C(=O)c2c[nH]c(C(=O)O)c2)c(OC)c1. The number of ether oxygens (including phenoxy) is 2. The molecule has 0 spiro atoms. The Morgan fingerprint density at radius 1 is 1.15 bits per heavy atom. The van der Waals surface area contributed by atoms with E-state index in [1.165, 1.54) is 26.5 Å². The molecule has 2 aromatic rings. The number of hydrogen-bond donors (Lipinski definition) is 2. The lowest BCUT2D eigenvalue weighted by molar-refractivity contribution is 0.0691. The van der Waals surface area contributed by atoms with Gasteiger partial charge in [0.15, 0.2) is 5.78 Å². The Labute approximate surface area is 115 Å². The zero-order valence-electron chi connectivity index (χ0n) is 11.0. The number of aromatic nitrogens is 1. The molecule has 104 valence electrons. The van der Waals surface area contributed by atoms with E-state index in [1.807, 2.05) is 0 Å². The zero-order valence-corrected chi connectivity index (χ0v) is 11.0. The fraction of sp³-hybridized carbons (Fsp3) is 0.143.